The Labute approximate surface area is 169 Å². The average Bonchev–Trinajstić information content (AvgIpc) is 3.14. The van der Waals surface area contributed by atoms with E-state index in [0.717, 1.165) is 64.7 Å². The van der Waals surface area contributed by atoms with Gasteiger partial charge in [-0.25, -0.2) is 0 Å². The molecule has 0 aliphatic carbocycles. The molecule has 8 nitrogen and oxygen atoms in total. The van der Waals surface area contributed by atoms with Crippen LogP contribution in [0.4, 0.5) is 0 Å². The number of hydrogen-bond acceptors (Lipinski definition) is 6. The van der Waals surface area contributed by atoms with Crippen LogP contribution >= 0.6 is 0 Å². The first-order chi connectivity index (χ1) is 13.7. The quantitative estimate of drug-likeness (QED) is 0.337. The second kappa shape index (κ2) is 12.7. The van der Waals surface area contributed by atoms with E-state index in [1.165, 1.54) is 12.8 Å². The predicted molar refractivity (Wildman–Crippen MR) is 112 cm³/mol. The molecule has 8 heteroatoms. The summed E-state index contributed by atoms with van der Waals surface area (Å²) < 4.78 is 10.7. The third-order valence-electron chi connectivity index (χ3n) is 5.32. The summed E-state index contributed by atoms with van der Waals surface area (Å²) >= 11 is 0. The van der Waals surface area contributed by atoms with Gasteiger partial charge in [-0.2, -0.15) is 4.98 Å². The first-order valence-corrected chi connectivity index (χ1v) is 10.8. The molecule has 2 heterocycles. The van der Waals surface area contributed by atoms with Crippen molar-refractivity contribution in [3.63, 3.8) is 0 Å². The Balaban J connectivity index is 1.89. The van der Waals surface area contributed by atoms with E-state index in [0.29, 0.717) is 23.7 Å². The fraction of sp³-hybridized carbons (Fsp3) is 0.850. The minimum atomic E-state index is 0.468. The molecule has 0 radical (unpaired) electrons. The highest BCUT2D eigenvalue weighted by Crippen LogP contribution is 2.20. The van der Waals surface area contributed by atoms with Gasteiger partial charge in [-0.3, -0.25) is 9.89 Å². The molecule has 2 N–H and O–H groups in total. The normalized spacial score (nSPS) is 17.1. The van der Waals surface area contributed by atoms with E-state index in [2.05, 4.69) is 46.4 Å². The average molecular weight is 395 g/mol. The zero-order valence-corrected chi connectivity index (χ0v) is 18.0. The lowest BCUT2D eigenvalue weighted by Gasteiger charge is -2.38. The molecular weight excluding hydrogens is 356 g/mol. The summed E-state index contributed by atoms with van der Waals surface area (Å²) in [7, 11) is 0. The zero-order chi connectivity index (χ0) is 20.2. The van der Waals surface area contributed by atoms with Gasteiger partial charge in [0.1, 0.15) is 0 Å². The van der Waals surface area contributed by atoms with Gasteiger partial charge in [0.05, 0.1) is 19.8 Å². The number of rotatable bonds is 11. The van der Waals surface area contributed by atoms with Gasteiger partial charge in [0.15, 0.2) is 11.8 Å². The fourth-order valence-electron chi connectivity index (χ4n) is 3.72. The molecule has 0 saturated carbocycles. The number of aryl methyl sites for hydroxylation is 2. The maximum atomic E-state index is 5.55. The van der Waals surface area contributed by atoms with E-state index in [9.17, 15) is 0 Å². The van der Waals surface area contributed by atoms with E-state index in [1.807, 2.05) is 6.92 Å². The SMILES string of the molecule is CCNC(=NCC(C(CC)CC)N1CCOCC1)NCCCc1nc(C)no1. The summed E-state index contributed by atoms with van der Waals surface area (Å²) in [5, 5.41) is 10.6. The second-order valence-corrected chi connectivity index (χ2v) is 7.28. The van der Waals surface area contributed by atoms with E-state index in [1.54, 1.807) is 0 Å². The van der Waals surface area contributed by atoms with Crippen LogP contribution in [0.1, 0.15) is 51.7 Å². The molecule has 1 aromatic heterocycles. The number of nitrogens with zero attached hydrogens (tertiary/aromatic N) is 4. The highest BCUT2D eigenvalue weighted by atomic mass is 16.5. The molecule has 1 aliphatic rings. The molecule has 1 aromatic rings. The van der Waals surface area contributed by atoms with Gasteiger partial charge < -0.3 is 19.9 Å². The molecule has 1 unspecified atom stereocenters. The summed E-state index contributed by atoms with van der Waals surface area (Å²) in [5.41, 5.74) is 0. The molecule has 2 rings (SSSR count). The smallest absolute Gasteiger partial charge is 0.226 e. The number of ether oxygens (including phenoxy) is 1. The molecule has 0 bridgehead atoms. The minimum Gasteiger partial charge on any atom is -0.379 e. The van der Waals surface area contributed by atoms with Crippen LogP contribution < -0.4 is 10.6 Å². The fourth-order valence-corrected chi connectivity index (χ4v) is 3.72. The Morgan fingerprint density at radius 3 is 2.54 bits per heavy atom. The van der Waals surface area contributed by atoms with E-state index < -0.39 is 0 Å². The van der Waals surface area contributed by atoms with Crippen molar-refractivity contribution >= 4 is 5.96 Å². The van der Waals surface area contributed by atoms with E-state index >= 15 is 0 Å². The number of aliphatic imine (C=N–C) groups is 1. The summed E-state index contributed by atoms with van der Waals surface area (Å²) in [6.45, 7) is 14.6. The lowest BCUT2D eigenvalue weighted by atomic mass is 9.92. The van der Waals surface area contributed by atoms with Crippen molar-refractivity contribution in [2.45, 2.75) is 59.4 Å². The van der Waals surface area contributed by atoms with Gasteiger partial charge in [0.25, 0.3) is 0 Å². The monoisotopic (exact) mass is 394 g/mol. The summed E-state index contributed by atoms with van der Waals surface area (Å²) in [6, 6.07) is 0.468. The van der Waals surface area contributed by atoms with Crippen molar-refractivity contribution in [2.24, 2.45) is 10.9 Å². The largest absolute Gasteiger partial charge is 0.379 e. The lowest BCUT2D eigenvalue weighted by Crippen LogP contribution is -2.49. The Morgan fingerprint density at radius 1 is 1.18 bits per heavy atom. The maximum absolute atomic E-state index is 5.55. The van der Waals surface area contributed by atoms with Gasteiger partial charge in [-0.1, -0.05) is 31.8 Å². The molecule has 0 aromatic carbocycles. The number of morpholine rings is 1. The number of aromatic nitrogens is 2. The van der Waals surface area contributed by atoms with E-state index in [4.69, 9.17) is 14.3 Å². The zero-order valence-electron chi connectivity index (χ0n) is 18.0. The number of nitrogens with one attached hydrogen (secondary N) is 2. The van der Waals surface area contributed by atoms with Crippen LogP contribution in [0.15, 0.2) is 9.52 Å². The highest BCUT2D eigenvalue weighted by molar-refractivity contribution is 5.79. The molecular formula is C20H38N6O2. The van der Waals surface area contributed by atoms with E-state index in [-0.39, 0.29) is 0 Å². The molecule has 1 fully saturated rings. The Hall–Kier alpha value is -1.67. The molecule has 28 heavy (non-hydrogen) atoms. The third-order valence-corrected chi connectivity index (χ3v) is 5.32. The van der Waals surface area contributed by atoms with Crippen LogP contribution in [-0.4, -0.2) is 73.0 Å². The lowest BCUT2D eigenvalue weighted by molar-refractivity contribution is 0.00395. The highest BCUT2D eigenvalue weighted by Gasteiger charge is 2.26. The first-order valence-electron chi connectivity index (χ1n) is 10.8. The van der Waals surface area contributed by atoms with Crippen LogP contribution in [0.5, 0.6) is 0 Å². The van der Waals surface area contributed by atoms with Crippen LogP contribution in [0.25, 0.3) is 0 Å². The van der Waals surface area contributed by atoms with Crippen molar-refractivity contribution in [3.8, 4) is 0 Å². The maximum Gasteiger partial charge on any atom is 0.226 e. The van der Waals surface area contributed by atoms with Crippen molar-refractivity contribution in [1.82, 2.24) is 25.7 Å². The van der Waals surface area contributed by atoms with Crippen LogP contribution in [-0.2, 0) is 11.2 Å². The van der Waals surface area contributed by atoms with Crippen molar-refractivity contribution in [2.75, 3.05) is 45.9 Å². The summed E-state index contributed by atoms with van der Waals surface area (Å²) in [5.74, 6) is 2.93. The summed E-state index contributed by atoms with van der Waals surface area (Å²) in [4.78, 5) is 11.7. The second-order valence-electron chi connectivity index (χ2n) is 7.28. The number of hydrogen-bond donors (Lipinski definition) is 2. The molecule has 1 aliphatic heterocycles. The van der Waals surface area contributed by atoms with Crippen LogP contribution in [0.2, 0.25) is 0 Å². The van der Waals surface area contributed by atoms with Gasteiger partial charge in [-0.15, -0.1) is 0 Å². The van der Waals surface area contributed by atoms with Gasteiger partial charge >= 0.3 is 0 Å². The summed E-state index contributed by atoms with van der Waals surface area (Å²) in [6.07, 6.45) is 4.06. The van der Waals surface area contributed by atoms with Gasteiger partial charge in [-0.05, 0) is 26.2 Å². The third kappa shape index (κ3) is 7.39. The Kier molecular flexibility index (Phi) is 10.3. The molecule has 1 saturated heterocycles. The topological polar surface area (TPSA) is 87.8 Å². The molecule has 1 atom stereocenters. The predicted octanol–water partition coefficient (Wildman–Crippen LogP) is 2.00. The van der Waals surface area contributed by atoms with Gasteiger partial charge in [0.2, 0.25) is 5.89 Å². The Bertz CT molecular complexity index is 567. The standard InChI is InChI=1S/C20H38N6O2/c1-5-17(6-2)18(26-11-13-27-14-12-26)15-23-20(21-7-3)22-10-8-9-19-24-16(4)25-28-19/h17-18H,5-15H2,1-4H3,(H2,21,22,23). The number of guanidine groups is 1. The van der Waals surface area contributed by atoms with Crippen molar-refractivity contribution in [1.29, 1.82) is 0 Å². The van der Waals surface area contributed by atoms with Gasteiger partial charge in [0, 0.05) is 38.6 Å². The van der Waals surface area contributed by atoms with Crippen LogP contribution in [0.3, 0.4) is 0 Å². The molecule has 0 spiro atoms. The molecule has 0 amide bonds. The first kappa shape index (κ1) is 22.6. The van der Waals surface area contributed by atoms with Crippen molar-refractivity contribution < 1.29 is 9.26 Å². The van der Waals surface area contributed by atoms with Crippen molar-refractivity contribution in [3.05, 3.63) is 11.7 Å². The Morgan fingerprint density at radius 2 is 1.93 bits per heavy atom. The van der Waals surface area contributed by atoms with Crippen LogP contribution in [0, 0.1) is 12.8 Å². The minimum absolute atomic E-state index is 0.468. The molecule has 160 valence electrons.